The van der Waals surface area contributed by atoms with Gasteiger partial charge >= 0.3 is 0 Å². The number of aromatic amines is 1. The van der Waals surface area contributed by atoms with Gasteiger partial charge < -0.3 is 5.32 Å². The maximum Gasteiger partial charge on any atom is 0.267 e. The Morgan fingerprint density at radius 1 is 1.05 bits per heavy atom. The number of fused-ring (bicyclic) bond motifs is 1. The SMILES string of the molecule is O=c1[nH]nc(CCNCC2CCCCC2)c2c1CCCC2. The molecule has 1 aromatic rings. The van der Waals surface area contributed by atoms with Crippen molar-refractivity contribution < 1.29 is 0 Å². The van der Waals surface area contributed by atoms with Crippen LogP contribution in [0.1, 0.15) is 61.8 Å². The van der Waals surface area contributed by atoms with E-state index in [0.29, 0.717) is 0 Å². The zero-order chi connectivity index (χ0) is 14.5. The van der Waals surface area contributed by atoms with E-state index >= 15 is 0 Å². The van der Waals surface area contributed by atoms with Crippen molar-refractivity contribution in [2.24, 2.45) is 5.92 Å². The summed E-state index contributed by atoms with van der Waals surface area (Å²) in [7, 11) is 0. The van der Waals surface area contributed by atoms with Crippen molar-refractivity contribution in [3.8, 4) is 0 Å². The van der Waals surface area contributed by atoms with Crippen LogP contribution in [0.25, 0.3) is 0 Å². The summed E-state index contributed by atoms with van der Waals surface area (Å²) in [6.07, 6.45) is 12.2. The maximum atomic E-state index is 11.8. The number of nitrogens with zero attached hydrogens (tertiary/aromatic N) is 1. The van der Waals surface area contributed by atoms with Crippen molar-refractivity contribution in [1.82, 2.24) is 15.5 Å². The first-order valence-electron chi connectivity index (χ1n) is 8.64. The molecule has 0 unspecified atom stereocenters. The molecule has 2 aliphatic rings. The van der Waals surface area contributed by atoms with Crippen molar-refractivity contribution in [3.63, 3.8) is 0 Å². The Balaban J connectivity index is 1.52. The molecule has 1 heterocycles. The van der Waals surface area contributed by atoms with Crippen molar-refractivity contribution >= 4 is 0 Å². The summed E-state index contributed by atoms with van der Waals surface area (Å²) >= 11 is 0. The Morgan fingerprint density at radius 2 is 1.81 bits per heavy atom. The summed E-state index contributed by atoms with van der Waals surface area (Å²) in [5, 5.41) is 10.6. The molecule has 0 bridgehead atoms. The smallest absolute Gasteiger partial charge is 0.267 e. The quantitative estimate of drug-likeness (QED) is 0.818. The number of nitrogens with one attached hydrogen (secondary N) is 2. The summed E-state index contributed by atoms with van der Waals surface area (Å²) in [5.74, 6) is 0.871. The molecule has 1 aromatic heterocycles. The predicted molar refractivity (Wildman–Crippen MR) is 84.6 cm³/mol. The molecule has 2 N–H and O–H groups in total. The van der Waals surface area contributed by atoms with E-state index in [1.807, 2.05) is 0 Å². The Bertz CT molecular complexity index is 517. The average Bonchev–Trinajstić information content (AvgIpc) is 2.55. The second-order valence-corrected chi connectivity index (χ2v) is 6.62. The minimum Gasteiger partial charge on any atom is -0.316 e. The van der Waals surface area contributed by atoms with Crippen LogP contribution in [0.2, 0.25) is 0 Å². The highest BCUT2D eigenvalue weighted by molar-refractivity contribution is 5.30. The van der Waals surface area contributed by atoms with Gasteiger partial charge in [0.05, 0.1) is 5.69 Å². The Hall–Kier alpha value is -1.16. The van der Waals surface area contributed by atoms with Gasteiger partial charge in [0.25, 0.3) is 5.56 Å². The van der Waals surface area contributed by atoms with Gasteiger partial charge in [0.15, 0.2) is 0 Å². The molecule has 4 nitrogen and oxygen atoms in total. The van der Waals surface area contributed by atoms with Crippen LogP contribution in [0.15, 0.2) is 4.79 Å². The lowest BCUT2D eigenvalue weighted by Gasteiger charge is -2.22. The van der Waals surface area contributed by atoms with Gasteiger partial charge in [-0.3, -0.25) is 4.79 Å². The van der Waals surface area contributed by atoms with E-state index in [-0.39, 0.29) is 5.56 Å². The average molecular weight is 289 g/mol. The fourth-order valence-electron chi connectivity index (χ4n) is 3.84. The normalized spacial score (nSPS) is 19.4. The molecule has 4 heteroatoms. The lowest BCUT2D eigenvalue weighted by Crippen LogP contribution is -2.28. The molecule has 1 saturated carbocycles. The van der Waals surface area contributed by atoms with Gasteiger partial charge in [0, 0.05) is 18.5 Å². The molecule has 0 atom stereocenters. The molecule has 3 rings (SSSR count). The van der Waals surface area contributed by atoms with Crippen LogP contribution in [-0.4, -0.2) is 23.3 Å². The molecule has 0 radical (unpaired) electrons. The first kappa shape index (κ1) is 14.8. The Labute approximate surface area is 126 Å². The lowest BCUT2D eigenvalue weighted by molar-refractivity contribution is 0.343. The predicted octanol–water partition coefficient (Wildman–Crippen LogP) is 2.36. The molecule has 1 fully saturated rings. The molecule has 0 aliphatic heterocycles. The molecule has 0 saturated heterocycles. The number of aromatic nitrogens is 2. The summed E-state index contributed by atoms with van der Waals surface area (Å²) in [5.41, 5.74) is 3.38. The van der Waals surface area contributed by atoms with Gasteiger partial charge in [-0.25, -0.2) is 5.10 Å². The van der Waals surface area contributed by atoms with Gasteiger partial charge in [-0.1, -0.05) is 19.3 Å². The van der Waals surface area contributed by atoms with Gasteiger partial charge in [0.2, 0.25) is 0 Å². The molecular formula is C17H27N3O. The van der Waals surface area contributed by atoms with E-state index in [1.165, 1.54) is 44.1 Å². The minimum absolute atomic E-state index is 0.0311. The van der Waals surface area contributed by atoms with Crippen molar-refractivity contribution in [2.45, 2.75) is 64.2 Å². The molecule has 0 aromatic carbocycles. The second-order valence-electron chi connectivity index (χ2n) is 6.62. The first-order valence-corrected chi connectivity index (χ1v) is 8.64. The highest BCUT2D eigenvalue weighted by Gasteiger charge is 2.17. The summed E-state index contributed by atoms with van der Waals surface area (Å²) in [6.45, 7) is 2.12. The van der Waals surface area contributed by atoms with Crippen LogP contribution in [-0.2, 0) is 19.3 Å². The summed E-state index contributed by atoms with van der Waals surface area (Å²) < 4.78 is 0. The van der Waals surface area contributed by atoms with E-state index in [4.69, 9.17) is 0 Å². The van der Waals surface area contributed by atoms with Crippen molar-refractivity contribution in [3.05, 3.63) is 27.2 Å². The lowest BCUT2D eigenvalue weighted by atomic mass is 9.89. The second kappa shape index (κ2) is 7.21. The van der Waals surface area contributed by atoms with Gasteiger partial charge in [0.1, 0.15) is 0 Å². The molecule has 0 amide bonds. The highest BCUT2D eigenvalue weighted by atomic mass is 16.1. The van der Waals surface area contributed by atoms with E-state index in [2.05, 4.69) is 15.5 Å². The third-order valence-electron chi connectivity index (χ3n) is 5.08. The van der Waals surface area contributed by atoms with E-state index in [0.717, 1.165) is 55.9 Å². The van der Waals surface area contributed by atoms with Crippen LogP contribution >= 0.6 is 0 Å². The van der Waals surface area contributed by atoms with E-state index < -0.39 is 0 Å². The van der Waals surface area contributed by atoms with E-state index in [9.17, 15) is 4.79 Å². The van der Waals surface area contributed by atoms with Crippen LogP contribution in [0, 0.1) is 5.92 Å². The fourth-order valence-corrected chi connectivity index (χ4v) is 3.84. The Kier molecular flexibility index (Phi) is 5.07. The van der Waals surface area contributed by atoms with Crippen LogP contribution in [0.3, 0.4) is 0 Å². The third kappa shape index (κ3) is 3.73. The molecule has 2 aliphatic carbocycles. The largest absolute Gasteiger partial charge is 0.316 e. The standard InChI is InChI=1S/C17H27N3O/c21-17-15-9-5-4-8-14(15)16(19-20-17)10-11-18-12-13-6-2-1-3-7-13/h13,18H,1-12H2,(H,20,21). The molecule has 116 valence electrons. The monoisotopic (exact) mass is 289 g/mol. The van der Waals surface area contributed by atoms with Crippen molar-refractivity contribution in [1.29, 1.82) is 0 Å². The number of rotatable bonds is 5. The van der Waals surface area contributed by atoms with Crippen LogP contribution in [0.5, 0.6) is 0 Å². The Morgan fingerprint density at radius 3 is 2.62 bits per heavy atom. The molecular weight excluding hydrogens is 262 g/mol. The van der Waals surface area contributed by atoms with Crippen LogP contribution in [0.4, 0.5) is 0 Å². The third-order valence-corrected chi connectivity index (χ3v) is 5.08. The zero-order valence-electron chi connectivity index (χ0n) is 12.9. The number of hydrogen-bond donors (Lipinski definition) is 2. The fraction of sp³-hybridized carbons (Fsp3) is 0.765. The summed E-state index contributed by atoms with van der Waals surface area (Å²) in [6, 6.07) is 0. The number of hydrogen-bond acceptors (Lipinski definition) is 3. The van der Waals surface area contributed by atoms with Crippen molar-refractivity contribution in [2.75, 3.05) is 13.1 Å². The van der Waals surface area contributed by atoms with Gasteiger partial charge in [-0.2, -0.15) is 5.10 Å². The first-order chi connectivity index (χ1) is 10.3. The molecule has 0 spiro atoms. The van der Waals surface area contributed by atoms with E-state index in [1.54, 1.807) is 0 Å². The van der Waals surface area contributed by atoms with Crippen LogP contribution < -0.4 is 10.9 Å². The summed E-state index contributed by atoms with van der Waals surface area (Å²) in [4.78, 5) is 11.8. The van der Waals surface area contributed by atoms with Gasteiger partial charge in [-0.05, 0) is 56.6 Å². The number of H-pyrrole nitrogens is 1. The topological polar surface area (TPSA) is 57.8 Å². The zero-order valence-corrected chi connectivity index (χ0v) is 12.9. The molecule has 21 heavy (non-hydrogen) atoms. The maximum absolute atomic E-state index is 11.8. The van der Waals surface area contributed by atoms with Gasteiger partial charge in [-0.15, -0.1) is 0 Å². The minimum atomic E-state index is 0.0311. The highest BCUT2D eigenvalue weighted by Crippen LogP contribution is 2.23.